The summed E-state index contributed by atoms with van der Waals surface area (Å²) >= 11 is 0. The second kappa shape index (κ2) is 8.82. The number of carbonyl (C=O) groups excluding carboxylic acids is 1. The minimum atomic E-state index is -1.09. The largest absolute Gasteiger partial charge is 0.455 e. The third-order valence-electron chi connectivity index (χ3n) is 4.21. The minimum Gasteiger partial charge on any atom is -0.455 e. The fourth-order valence-electron chi connectivity index (χ4n) is 2.63. The van der Waals surface area contributed by atoms with E-state index in [4.69, 9.17) is 4.42 Å². The van der Waals surface area contributed by atoms with Crippen LogP contribution in [0.2, 0.25) is 0 Å². The summed E-state index contributed by atoms with van der Waals surface area (Å²) < 4.78 is 17.9. The molecule has 4 nitrogen and oxygen atoms in total. The number of hydrogen-bond donors (Lipinski definition) is 1. The van der Waals surface area contributed by atoms with Crippen molar-refractivity contribution in [2.45, 2.75) is 31.9 Å². The Morgan fingerprint density at radius 2 is 1.44 bits per heavy atom. The highest BCUT2D eigenvalue weighted by Crippen LogP contribution is 2.14. The summed E-state index contributed by atoms with van der Waals surface area (Å²) in [5.74, 6) is 1.28. The second-order valence-corrected chi connectivity index (χ2v) is 8.11. The Morgan fingerprint density at radius 1 is 0.852 bits per heavy atom. The first kappa shape index (κ1) is 19.1. The van der Waals surface area contributed by atoms with Crippen LogP contribution in [0.1, 0.15) is 38.6 Å². The summed E-state index contributed by atoms with van der Waals surface area (Å²) in [6.07, 6.45) is 0. The Kier molecular flexibility index (Phi) is 6.24. The number of nitrogens with one attached hydrogen (secondary N) is 1. The zero-order valence-corrected chi connectivity index (χ0v) is 16.3. The maximum Gasteiger partial charge on any atom is 0.287 e. The van der Waals surface area contributed by atoms with Crippen molar-refractivity contribution in [3.63, 3.8) is 0 Å². The molecule has 0 spiro atoms. The Morgan fingerprint density at radius 3 is 2.07 bits per heavy atom. The van der Waals surface area contributed by atoms with E-state index in [9.17, 15) is 9.00 Å². The topological polar surface area (TPSA) is 59.3 Å². The van der Waals surface area contributed by atoms with E-state index in [1.165, 1.54) is 11.1 Å². The Bertz CT molecular complexity index is 927. The van der Waals surface area contributed by atoms with Gasteiger partial charge in [-0.1, -0.05) is 59.7 Å². The van der Waals surface area contributed by atoms with Gasteiger partial charge in [-0.25, -0.2) is 0 Å². The first-order valence-electron chi connectivity index (χ1n) is 8.82. The molecule has 0 fully saturated rings. The summed E-state index contributed by atoms with van der Waals surface area (Å²) in [5.41, 5.74) is 4.41. The molecule has 140 valence electrons. The molecule has 3 rings (SSSR count). The van der Waals surface area contributed by atoms with Crippen LogP contribution in [0.4, 0.5) is 0 Å². The molecule has 1 N–H and O–H groups in total. The van der Waals surface area contributed by atoms with Crippen LogP contribution in [-0.4, -0.2) is 10.1 Å². The van der Waals surface area contributed by atoms with Gasteiger partial charge in [0.1, 0.15) is 5.76 Å². The molecule has 1 unspecified atom stereocenters. The van der Waals surface area contributed by atoms with Crippen LogP contribution in [0.15, 0.2) is 65.1 Å². The molecule has 1 aromatic heterocycles. The molecule has 0 saturated carbocycles. The molecule has 1 amide bonds. The summed E-state index contributed by atoms with van der Waals surface area (Å²) in [7, 11) is -1.09. The van der Waals surface area contributed by atoms with Gasteiger partial charge in [0.2, 0.25) is 0 Å². The fraction of sp³-hybridized carbons (Fsp3) is 0.227. The molecule has 0 aliphatic carbocycles. The quantitative estimate of drug-likeness (QED) is 0.665. The first-order chi connectivity index (χ1) is 13.0. The van der Waals surface area contributed by atoms with E-state index in [1.54, 1.807) is 12.1 Å². The monoisotopic (exact) mass is 381 g/mol. The number of rotatable bonds is 7. The van der Waals surface area contributed by atoms with Gasteiger partial charge < -0.3 is 9.73 Å². The smallest absolute Gasteiger partial charge is 0.287 e. The average molecular weight is 381 g/mol. The maximum atomic E-state index is 12.3. The minimum absolute atomic E-state index is 0.240. The normalized spacial score (nSPS) is 11.9. The highest BCUT2D eigenvalue weighted by Gasteiger charge is 2.13. The van der Waals surface area contributed by atoms with E-state index >= 15 is 0 Å². The van der Waals surface area contributed by atoms with Crippen LogP contribution in [0, 0.1) is 13.8 Å². The molecule has 5 heteroatoms. The van der Waals surface area contributed by atoms with Gasteiger partial charge in [0.05, 0.1) is 5.75 Å². The van der Waals surface area contributed by atoms with Crippen molar-refractivity contribution < 1.29 is 13.4 Å². The molecular formula is C22H23NO3S. The molecule has 2 aromatic carbocycles. The van der Waals surface area contributed by atoms with Gasteiger partial charge in [-0.2, -0.15) is 0 Å². The lowest BCUT2D eigenvalue weighted by atomic mass is 10.1. The third kappa shape index (κ3) is 5.66. The van der Waals surface area contributed by atoms with Gasteiger partial charge in [-0.3, -0.25) is 9.00 Å². The van der Waals surface area contributed by atoms with Gasteiger partial charge >= 0.3 is 0 Å². The van der Waals surface area contributed by atoms with Crippen molar-refractivity contribution in [1.82, 2.24) is 5.32 Å². The number of benzene rings is 2. The van der Waals surface area contributed by atoms with Crippen molar-refractivity contribution in [1.29, 1.82) is 0 Å². The van der Waals surface area contributed by atoms with Crippen LogP contribution >= 0.6 is 0 Å². The second-order valence-electron chi connectivity index (χ2n) is 6.65. The van der Waals surface area contributed by atoms with E-state index in [1.807, 2.05) is 62.4 Å². The lowest BCUT2D eigenvalue weighted by Crippen LogP contribution is -2.22. The van der Waals surface area contributed by atoms with E-state index < -0.39 is 10.8 Å². The molecule has 0 aliphatic rings. The molecule has 0 bridgehead atoms. The highest BCUT2D eigenvalue weighted by atomic mass is 32.2. The fourth-order valence-corrected chi connectivity index (χ4v) is 3.77. The van der Waals surface area contributed by atoms with E-state index in [2.05, 4.69) is 5.32 Å². The SMILES string of the molecule is Cc1ccc(CNC(=O)c2ccc(CS(=O)Cc3ccc(C)cc3)o2)cc1. The lowest BCUT2D eigenvalue weighted by Gasteiger charge is -2.04. The van der Waals surface area contributed by atoms with Crippen LogP contribution < -0.4 is 5.32 Å². The number of amides is 1. The number of furan rings is 1. The zero-order valence-electron chi connectivity index (χ0n) is 15.5. The molecule has 27 heavy (non-hydrogen) atoms. The van der Waals surface area contributed by atoms with E-state index in [-0.39, 0.29) is 11.7 Å². The molecule has 0 aliphatic heterocycles. The molecular weight excluding hydrogens is 358 g/mol. The average Bonchev–Trinajstić information content (AvgIpc) is 3.11. The van der Waals surface area contributed by atoms with E-state index in [0.717, 1.165) is 11.1 Å². The van der Waals surface area contributed by atoms with Gasteiger partial charge in [0.15, 0.2) is 5.76 Å². The van der Waals surface area contributed by atoms with Crippen molar-refractivity contribution in [3.05, 3.63) is 94.4 Å². The van der Waals surface area contributed by atoms with Crippen LogP contribution in [0.25, 0.3) is 0 Å². The van der Waals surface area contributed by atoms with Gasteiger partial charge in [0.25, 0.3) is 5.91 Å². The van der Waals surface area contributed by atoms with Crippen LogP contribution in [-0.2, 0) is 28.9 Å². The van der Waals surface area contributed by atoms with Gasteiger partial charge in [-0.05, 0) is 37.1 Å². The van der Waals surface area contributed by atoms with Gasteiger partial charge in [-0.15, -0.1) is 0 Å². The Hall–Kier alpha value is -2.66. The summed E-state index contributed by atoms with van der Waals surface area (Å²) in [4.78, 5) is 12.2. The maximum absolute atomic E-state index is 12.3. The predicted molar refractivity (Wildman–Crippen MR) is 108 cm³/mol. The molecule has 1 heterocycles. The van der Waals surface area contributed by atoms with Crippen molar-refractivity contribution in [2.75, 3.05) is 0 Å². The van der Waals surface area contributed by atoms with Crippen molar-refractivity contribution in [2.24, 2.45) is 0 Å². The van der Waals surface area contributed by atoms with Crippen LogP contribution in [0.5, 0.6) is 0 Å². The van der Waals surface area contributed by atoms with Crippen LogP contribution in [0.3, 0.4) is 0 Å². The number of carbonyl (C=O) groups is 1. The Labute approximate surface area is 162 Å². The molecule has 0 saturated heterocycles. The van der Waals surface area contributed by atoms with Crippen molar-refractivity contribution in [3.8, 4) is 0 Å². The first-order valence-corrected chi connectivity index (χ1v) is 10.3. The van der Waals surface area contributed by atoms with Gasteiger partial charge in [0, 0.05) is 23.1 Å². The predicted octanol–water partition coefficient (Wildman–Crippen LogP) is 4.28. The Balaban J connectivity index is 1.52. The zero-order chi connectivity index (χ0) is 19.2. The lowest BCUT2D eigenvalue weighted by molar-refractivity contribution is 0.0921. The standard InChI is InChI=1S/C22H23NO3S/c1-16-3-7-18(8-4-16)13-23-22(24)21-12-11-20(26-21)15-27(25)14-19-9-5-17(2)6-10-19/h3-12H,13-15H2,1-2H3,(H,23,24). The molecule has 1 atom stereocenters. The summed E-state index contributed by atoms with van der Waals surface area (Å²) in [6, 6.07) is 19.3. The molecule has 0 radical (unpaired) electrons. The summed E-state index contributed by atoms with van der Waals surface area (Å²) in [5, 5.41) is 2.84. The highest BCUT2D eigenvalue weighted by molar-refractivity contribution is 7.83. The van der Waals surface area contributed by atoms with Crippen molar-refractivity contribution >= 4 is 16.7 Å². The summed E-state index contributed by atoms with van der Waals surface area (Å²) in [6.45, 7) is 4.49. The third-order valence-corrected chi connectivity index (χ3v) is 5.47. The number of aryl methyl sites for hydroxylation is 2. The van der Waals surface area contributed by atoms with E-state index in [0.29, 0.717) is 23.8 Å². The number of hydrogen-bond acceptors (Lipinski definition) is 3. The molecule has 3 aromatic rings.